The Balaban J connectivity index is 2.40. The maximum Gasteiger partial charge on any atom is 0.337 e. The number of hydrogen-bond acceptors (Lipinski definition) is 4. The Kier molecular flexibility index (Phi) is 3.79. The Bertz CT molecular complexity index is 641. The average molecular weight is 272 g/mol. The highest BCUT2D eigenvalue weighted by molar-refractivity contribution is 5.95. The van der Waals surface area contributed by atoms with Crippen LogP contribution in [0.25, 0.3) is 0 Å². The maximum absolute atomic E-state index is 11.1. The SMILES string of the molecule is COc1cccc(N(C)c2ccc(N)c(C(=O)O)c2)c1. The lowest BCUT2D eigenvalue weighted by Crippen LogP contribution is -2.11. The highest BCUT2D eigenvalue weighted by Crippen LogP contribution is 2.28. The molecule has 104 valence electrons. The summed E-state index contributed by atoms with van der Waals surface area (Å²) in [5, 5.41) is 9.11. The van der Waals surface area contributed by atoms with Gasteiger partial charge < -0.3 is 20.5 Å². The number of carboxylic acid groups (broad SMARTS) is 1. The fourth-order valence-electron chi connectivity index (χ4n) is 1.91. The van der Waals surface area contributed by atoms with Crippen LogP contribution in [0.1, 0.15) is 10.4 Å². The number of nitrogen functional groups attached to an aromatic ring is 1. The van der Waals surface area contributed by atoms with Gasteiger partial charge in [0.1, 0.15) is 5.75 Å². The molecule has 0 fully saturated rings. The van der Waals surface area contributed by atoms with Gasteiger partial charge in [-0.15, -0.1) is 0 Å². The van der Waals surface area contributed by atoms with E-state index in [1.54, 1.807) is 25.3 Å². The number of ether oxygens (including phenoxy) is 1. The van der Waals surface area contributed by atoms with Crippen LogP contribution < -0.4 is 15.4 Å². The van der Waals surface area contributed by atoms with Gasteiger partial charge in [-0.1, -0.05) is 6.07 Å². The molecule has 0 aliphatic carbocycles. The third-order valence-corrected chi connectivity index (χ3v) is 3.10. The monoisotopic (exact) mass is 272 g/mol. The predicted octanol–water partition coefficient (Wildman–Crippen LogP) is 2.74. The minimum absolute atomic E-state index is 0.0947. The molecule has 0 unspecified atom stereocenters. The van der Waals surface area contributed by atoms with Crippen molar-refractivity contribution >= 4 is 23.0 Å². The lowest BCUT2D eigenvalue weighted by molar-refractivity contribution is 0.0698. The molecule has 0 aromatic heterocycles. The van der Waals surface area contributed by atoms with Crippen LogP contribution in [-0.4, -0.2) is 25.2 Å². The molecule has 0 amide bonds. The number of carbonyl (C=O) groups is 1. The molecule has 20 heavy (non-hydrogen) atoms. The number of hydrogen-bond donors (Lipinski definition) is 2. The van der Waals surface area contributed by atoms with Crippen molar-refractivity contribution in [1.29, 1.82) is 0 Å². The standard InChI is InChI=1S/C15H16N2O3/c1-17(10-4-3-5-12(8-10)20-2)11-6-7-14(16)13(9-11)15(18)19/h3-9H,16H2,1-2H3,(H,18,19). The van der Waals surface area contributed by atoms with Gasteiger partial charge in [0.25, 0.3) is 0 Å². The van der Waals surface area contributed by atoms with Gasteiger partial charge in [0.15, 0.2) is 0 Å². The molecule has 0 spiro atoms. The van der Waals surface area contributed by atoms with Crippen molar-refractivity contribution in [2.24, 2.45) is 0 Å². The first-order valence-electron chi connectivity index (χ1n) is 6.03. The predicted molar refractivity (Wildman–Crippen MR) is 78.9 cm³/mol. The third kappa shape index (κ3) is 2.66. The minimum Gasteiger partial charge on any atom is -0.497 e. The molecule has 2 rings (SSSR count). The number of nitrogens with zero attached hydrogens (tertiary/aromatic N) is 1. The minimum atomic E-state index is -1.04. The van der Waals surface area contributed by atoms with Crippen LogP contribution in [0, 0.1) is 0 Å². The van der Waals surface area contributed by atoms with E-state index in [0.29, 0.717) is 0 Å². The Morgan fingerprint density at radius 3 is 2.55 bits per heavy atom. The van der Waals surface area contributed by atoms with Crippen molar-refractivity contribution in [1.82, 2.24) is 0 Å². The van der Waals surface area contributed by atoms with Crippen LogP contribution in [0.3, 0.4) is 0 Å². The normalized spacial score (nSPS) is 10.1. The van der Waals surface area contributed by atoms with Crippen LogP contribution in [0.4, 0.5) is 17.1 Å². The molecule has 0 aliphatic heterocycles. The number of benzene rings is 2. The number of methoxy groups -OCH3 is 1. The molecule has 0 aliphatic rings. The average Bonchev–Trinajstić information content (AvgIpc) is 2.46. The summed E-state index contributed by atoms with van der Waals surface area (Å²) in [5.41, 5.74) is 7.63. The van der Waals surface area contributed by atoms with E-state index < -0.39 is 5.97 Å². The molecule has 0 bridgehead atoms. The zero-order valence-corrected chi connectivity index (χ0v) is 11.3. The van der Waals surface area contributed by atoms with E-state index in [-0.39, 0.29) is 11.3 Å². The van der Waals surface area contributed by atoms with Crippen molar-refractivity contribution < 1.29 is 14.6 Å². The Labute approximate surface area is 117 Å². The molecule has 5 nitrogen and oxygen atoms in total. The van der Waals surface area contributed by atoms with E-state index in [0.717, 1.165) is 17.1 Å². The highest BCUT2D eigenvalue weighted by atomic mass is 16.5. The van der Waals surface area contributed by atoms with Crippen molar-refractivity contribution in [2.45, 2.75) is 0 Å². The fourth-order valence-corrected chi connectivity index (χ4v) is 1.91. The van der Waals surface area contributed by atoms with Gasteiger partial charge in [-0.25, -0.2) is 4.79 Å². The number of anilines is 3. The number of aromatic carboxylic acids is 1. The summed E-state index contributed by atoms with van der Waals surface area (Å²) in [6.07, 6.45) is 0. The second kappa shape index (κ2) is 5.52. The number of nitrogens with two attached hydrogens (primary N) is 1. The summed E-state index contributed by atoms with van der Waals surface area (Å²) >= 11 is 0. The largest absolute Gasteiger partial charge is 0.497 e. The second-order valence-corrected chi connectivity index (χ2v) is 4.34. The van der Waals surface area contributed by atoms with Crippen molar-refractivity contribution in [3.05, 3.63) is 48.0 Å². The molecule has 2 aromatic carbocycles. The topological polar surface area (TPSA) is 75.8 Å². The van der Waals surface area contributed by atoms with Crippen molar-refractivity contribution in [3.63, 3.8) is 0 Å². The van der Waals surface area contributed by atoms with E-state index in [1.807, 2.05) is 36.2 Å². The van der Waals surface area contributed by atoms with Gasteiger partial charge in [-0.05, 0) is 30.3 Å². The summed E-state index contributed by atoms with van der Waals surface area (Å²) in [6.45, 7) is 0. The molecule has 5 heteroatoms. The van der Waals surface area contributed by atoms with Gasteiger partial charge in [-0.2, -0.15) is 0 Å². The van der Waals surface area contributed by atoms with Gasteiger partial charge in [0, 0.05) is 30.2 Å². The van der Waals surface area contributed by atoms with Crippen molar-refractivity contribution in [3.8, 4) is 5.75 Å². The molecule has 0 heterocycles. The quantitative estimate of drug-likeness (QED) is 0.837. The number of rotatable bonds is 4. The summed E-state index contributed by atoms with van der Waals surface area (Å²) in [4.78, 5) is 13.0. The van der Waals surface area contributed by atoms with E-state index in [1.165, 1.54) is 0 Å². The zero-order chi connectivity index (χ0) is 14.7. The van der Waals surface area contributed by atoms with Crippen LogP contribution in [0.2, 0.25) is 0 Å². The fraction of sp³-hybridized carbons (Fsp3) is 0.133. The third-order valence-electron chi connectivity index (χ3n) is 3.10. The first-order chi connectivity index (χ1) is 9.52. The molecule has 0 atom stereocenters. The zero-order valence-electron chi connectivity index (χ0n) is 11.3. The maximum atomic E-state index is 11.1. The summed E-state index contributed by atoms with van der Waals surface area (Å²) in [7, 11) is 3.46. The Morgan fingerprint density at radius 1 is 1.20 bits per heavy atom. The molecular formula is C15H16N2O3. The molecule has 3 N–H and O–H groups in total. The lowest BCUT2D eigenvalue weighted by atomic mass is 10.1. The van der Waals surface area contributed by atoms with E-state index in [4.69, 9.17) is 15.6 Å². The molecule has 2 aromatic rings. The van der Waals surface area contributed by atoms with Crippen LogP contribution in [0.5, 0.6) is 5.75 Å². The highest BCUT2D eigenvalue weighted by Gasteiger charge is 2.12. The summed E-state index contributed by atoms with van der Waals surface area (Å²) in [6, 6.07) is 12.4. The van der Waals surface area contributed by atoms with Crippen LogP contribution in [0.15, 0.2) is 42.5 Å². The molecular weight excluding hydrogens is 256 g/mol. The van der Waals surface area contributed by atoms with Gasteiger partial charge in [0.2, 0.25) is 0 Å². The number of carboxylic acids is 1. The summed E-state index contributed by atoms with van der Waals surface area (Å²) < 4.78 is 5.18. The molecule has 0 saturated carbocycles. The van der Waals surface area contributed by atoms with Crippen LogP contribution >= 0.6 is 0 Å². The van der Waals surface area contributed by atoms with Gasteiger partial charge >= 0.3 is 5.97 Å². The molecule has 0 radical (unpaired) electrons. The molecule has 0 saturated heterocycles. The summed E-state index contributed by atoms with van der Waals surface area (Å²) in [5.74, 6) is -0.299. The van der Waals surface area contributed by atoms with E-state index in [2.05, 4.69) is 0 Å². The Morgan fingerprint density at radius 2 is 1.90 bits per heavy atom. The Hall–Kier alpha value is -2.69. The first kappa shape index (κ1) is 13.7. The van der Waals surface area contributed by atoms with E-state index >= 15 is 0 Å². The van der Waals surface area contributed by atoms with Crippen LogP contribution in [-0.2, 0) is 0 Å². The lowest BCUT2D eigenvalue weighted by Gasteiger charge is -2.20. The van der Waals surface area contributed by atoms with Gasteiger partial charge in [0.05, 0.1) is 12.7 Å². The first-order valence-corrected chi connectivity index (χ1v) is 6.03. The second-order valence-electron chi connectivity index (χ2n) is 4.34. The van der Waals surface area contributed by atoms with E-state index in [9.17, 15) is 4.79 Å². The van der Waals surface area contributed by atoms with Gasteiger partial charge in [-0.3, -0.25) is 0 Å². The van der Waals surface area contributed by atoms with Crippen molar-refractivity contribution in [2.75, 3.05) is 24.8 Å². The smallest absolute Gasteiger partial charge is 0.337 e.